The van der Waals surface area contributed by atoms with Crippen LogP contribution < -0.4 is 5.73 Å². The monoisotopic (exact) mass is 227 g/mol. The van der Waals surface area contributed by atoms with E-state index in [4.69, 9.17) is 17.3 Å². The molecule has 0 spiro atoms. The fourth-order valence-corrected chi connectivity index (χ4v) is 1.09. The van der Waals surface area contributed by atoms with Gasteiger partial charge in [-0.05, 0) is 12.1 Å². The van der Waals surface area contributed by atoms with Gasteiger partial charge in [-0.25, -0.2) is 4.39 Å². The topological polar surface area (TPSA) is 26.0 Å². The smallest absolute Gasteiger partial charge is 0.316 e. The highest BCUT2D eigenvalue weighted by Gasteiger charge is 2.39. The molecule has 0 amide bonds. The van der Waals surface area contributed by atoms with E-state index in [1.165, 1.54) is 0 Å². The molecule has 1 nitrogen and oxygen atoms in total. The summed E-state index contributed by atoms with van der Waals surface area (Å²) in [7, 11) is 0. The molecular weight excluding hydrogens is 222 g/mol. The fourth-order valence-electron chi connectivity index (χ4n) is 0.930. The Kier molecular flexibility index (Phi) is 3.01. The molecule has 0 saturated carbocycles. The van der Waals surface area contributed by atoms with Crippen LogP contribution in [-0.4, -0.2) is 6.18 Å². The van der Waals surface area contributed by atoms with Crippen molar-refractivity contribution in [2.24, 2.45) is 5.73 Å². The normalized spacial score (nSPS) is 14.1. The van der Waals surface area contributed by atoms with Gasteiger partial charge in [0.15, 0.2) is 0 Å². The molecule has 14 heavy (non-hydrogen) atoms. The van der Waals surface area contributed by atoms with E-state index in [9.17, 15) is 17.6 Å². The Bertz CT molecular complexity index is 337. The number of halogens is 5. The second-order valence-electron chi connectivity index (χ2n) is 2.69. The third-order valence-electron chi connectivity index (χ3n) is 1.65. The lowest BCUT2D eigenvalue weighted by atomic mass is 10.1. The number of alkyl halides is 3. The molecule has 1 atom stereocenters. The largest absolute Gasteiger partial charge is 0.407 e. The molecule has 0 aliphatic heterocycles. The first-order chi connectivity index (χ1) is 6.32. The Morgan fingerprint density at radius 2 is 1.86 bits per heavy atom. The minimum absolute atomic E-state index is 0.0284. The van der Waals surface area contributed by atoms with Crippen molar-refractivity contribution in [1.82, 2.24) is 0 Å². The van der Waals surface area contributed by atoms with E-state index < -0.39 is 23.6 Å². The molecule has 0 radical (unpaired) electrons. The third-order valence-corrected chi connectivity index (χ3v) is 1.89. The van der Waals surface area contributed by atoms with Crippen LogP contribution in [0.15, 0.2) is 18.2 Å². The van der Waals surface area contributed by atoms with Gasteiger partial charge in [0.25, 0.3) is 0 Å². The first kappa shape index (κ1) is 11.3. The summed E-state index contributed by atoms with van der Waals surface area (Å²) in [4.78, 5) is 0. The quantitative estimate of drug-likeness (QED) is 0.734. The molecule has 0 aliphatic rings. The molecule has 2 N–H and O–H groups in total. The van der Waals surface area contributed by atoms with Gasteiger partial charge in [0, 0.05) is 10.6 Å². The summed E-state index contributed by atoms with van der Waals surface area (Å²) in [6.45, 7) is 0. The van der Waals surface area contributed by atoms with Crippen LogP contribution in [0, 0.1) is 5.82 Å². The van der Waals surface area contributed by atoms with Crippen molar-refractivity contribution >= 4 is 11.6 Å². The van der Waals surface area contributed by atoms with Gasteiger partial charge < -0.3 is 5.73 Å². The predicted molar refractivity (Wildman–Crippen MR) is 44.4 cm³/mol. The Morgan fingerprint density at radius 3 is 2.29 bits per heavy atom. The van der Waals surface area contributed by atoms with Crippen molar-refractivity contribution in [1.29, 1.82) is 0 Å². The van der Waals surface area contributed by atoms with Crippen molar-refractivity contribution in [3.63, 3.8) is 0 Å². The minimum atomic E-state index is -4.66. The van der Waals surface area contributed by atoms with Crippen LogP contribution in [0.2, 0.25) is 5.02 Å². The van der Waals surface area contributed by atoms with Crippen molar-refractivity contribution in [2.75, 3.05) is 0 Å². The van der Waals surface area contributed by atoms with Crippen LogP contribution in [0.4, 0.5) is 17.6 Å². The maximum absolute atomic E-state index is 13.0. The molecule has 0 aliphatic carbocycles. The van der Waals surface area contributed by atoms with Gasteiger partial charge in [-0.2, -0.15) is 13.2 Å². The molecule has 0 aromatic heterocycles. The molecule has 1 aromatic carbocycles. The van der Waals surface area contributed by atoms with E-state index >= 15 is 0 Å². The number of hydrogen-bond acceptors (Lipinski definition) is 1. The lowest BCUT2D eigenvalue weighted by molar-refractivity contribution is -0.149. The fraction of sp³-hybridized carbons (Fsp3) is 0.250. The lowest BCUT2D eigenvalue weighted by Gasteiger charge is -2.16. The summed E-state index contributed by atoms with van der Waals surface area (Å²) in [6, 6.07) is 0.559. The maximum Gasteiger partial charge on any atom is 0.407 e. The van der Waals surface area contributed by atoms with Crippen LogP contribution in [0.1, 0.15) is 11.6 Å². The highest BCUT2D eigenvalue weighted by atomic mass is 35.5. The Balaban J connectivity index is 3.08. The number of hydrogen-bond donors (Lipinski definition) is 1. The van der Waals surface area contributed by atoms with E-state index in [2.05, 4.69) is 0 Å². The standard InChI is InChI=1S/C8H6ClF4N/c9-4-1-2-5(6(10)3-4)7(14)8(11,12)13/h1-3,7H,14H2/t7-/m1/s1. The number of nitrogens with two attached hydrogens (primary N) is 1. The Labute approximate surface area is 82.5 Å². The van der Waals surface area contributed by atoms with Gasteiger partial charge in [0.05, 0.1) is 0 Å². The van der Waals surface area contributed by atoms with Gasteiger partial charge in [-0.15, -0.1) is 0 Å². The molecule has 0 bridgehead atoms. The minimum Gasteiger partial charge on any atom is -0.316 e. The summed E-state index contributed by atoms with van der Waals surface area (Å²) >= 11 is 5.37. The molecule has 0 saturated heterocycles. The van der Waals surface area contributed by atoms with Gasteiger partial charge in [-0.1, -0.05) is 17.7 Å². The second kappa shape index (κ2) is 3.74. The van der Waals surface area contributed by atoms with Crippen LogP contribution in [0.5, 0.6) is 0 Å². The Morgan fingerprint density at radius 1 is 1.29 bits per heavy atom. The average molecular weight is 228 g/mol. The third kappa shape index (κ3) is 2.36. The highest BCUT2D eigenvalue weighted by Crippen LogP contribution is 2.32. The molecule has 0 heterocycles. The Hall–Kier alpha value is -0.810. The van der Waals surface area contributed by atoms with Gasteiger partial charge >= 0.3 is 6.18 Å². The zero-order valence-corrected chi connectivity index (χ0v) is 7.53. The summed E-state index contributed by atoms with van der Waals surface area (Å²) in [5.74, 6) is -1.05. The summed E-state index contributed by atoms with van der Waals surface area (Å²) in [5.41, 5.74) is 4.21. The molecule has 0 unspecified atom stereocenters. The average Bonchev–Trinajstić information content (AvgIpc) is 2.01. The maximum atomic E-state index is 13.0. The van der Waals surface area contributed by atoms with E-state index in [1.54, 1.807) is 0 Å². The number of benzene rings is 1. The first-order valence-corrected chi connectivity index (χ1v) is 3.97. The molecule has 78 valence electrons. The summed E-state index contributed by atoms with van der Waals surface area (Å²) in [6.07, 6.45) is -4.66. The summed E-state index contributed by atoms with van der Waals surface area (Å²) in [5, 5.41) is 0.0284. The SMILES string of the molecule is N[C@H](c1ccc(Cl)cc1F)C(F)(F)F. The van der Waals surface area contributed by atoms with Crippen molar-refractivity contribution < 1.29 is 17.6 Å². The zero-order valence-electron chi connectivity index (χ0n) is 6.78. The summed E-state index contributed by atoms with van der Waals surface area (Å²) < 4.78 is 49.2. The van der Waals surface area contributed by atoms with E-state index in [1.807, 2.05) is 0 Å². The molecule has 6 heteroatoms. The van der Waals surface area contributed by atoms with Gasteiger partial charge in [0.1, 0.15) is 11.9 Å². The molecule has 1 rings (SSSR count). The van der Waals surface area contributed by atoms with Crippen LogP contribution in [0.3, 0.4) is 0 Å². The molecule has 1 aromatic rings. The molecular formula is C8H6ClF4N. The predicted octanol–water partition coefficient (Wildman–Crippen LogP) is 3.04. The van der Waals surface area contributed by atoms with Gasteiger partial charge in [-0.3, -0.25) is 0 Å². The van der Waals surface area contributed by atoms with Crippen LogP contribution >= 0.6 is 11.6 Å². The van der Waals surface area contributed by atoms with Crippen LogP contribution in [-0.2, 0) is 0 Å². The lowest BCUT2D eigenvalue weighted by Crippen LogP contribution is -2.29. The van der Waals surface area contributed by atoms with Crippen molar-refractivity contribution in [2.45, 2.75) is 12.2 Å². The van der Waals surface area contributed by atoms with E-state index in [-0.39, 0.29) is 5.02 Å². The molecule has 0 fully saturated rings. The van der Waals surface area contributed by atoms with Crippen molar-refractivity contribution in [3.05, 3.63) is 34.6 Å². The van der Waals surface area contributed by atoms with Gasteiger partial charge in [0.2, 0.25) is 0 Å². The first-order valence-electron chi connectivity index (χ1n) is 3.59. The van der Waals surface area contributed by atoms with Crippen molar-refractivity contribution in [3.8, 4) is 0 Å². The van der Waals surface area contributed by atoms with E-state index in [0.29, 0.717) is 0 Å². The number of rotatable bonds is 1. The van der Waals surface area contributed by atoms with E-state index in [0.717, 1.165) is 18.2 Å². The highest BCUT2D eigenvalue weighted by molar-refractivity contribution is 6.30. The zero-order chi connectivity index (χ0) is 10.9. The second-order valence-corrected chi connectivity index (χ2v) is 3.12. The van der Waals surface area contributed by atoms with Crippen LogP contribution in [0.25, 0.3) is 0 Å².